The van der Waals surface area contributed by atoms with Gasteiger partial charge in [-0.2, -0.15) is 0 Å². The van der Waals surface area contributed by atoms with Crippen molar-refractivity contribution < 1.29 is 18.7 Å². The first kappa shape index (κ1) is 18.1. The highest BCUT2D eigenvalue weighted by molar-refractivity contribution is 9.10. The van der Waals surface area contributed by atoms with Crippen LogP contribution in [0.25, 0.3) is 0 Å². The van der Waals surface area contributed by atoms with Crippen molar-refractivity contribution >= 4 is 21.9 Å². The second-order valence-electron chi connectivity index (χ2n) is 5.45. The molecule has 132 valence electrons. The lowest BCUT2D eigenvalue weighted by Crippen LogP contribution is -2.07. The number of benzene rings is 2. The van der Waals surface area contributed by atoms with Crippen LogP contribution in [-0.4, -0.2) is 11.0 Å². The van der Waals surface area contributed by atoms with Crippen molar-refractivity contribution in [2.45, 2.75) is 13.2 Å². The molecule has 0 N–H and O–H groups in total. The predicted molar refractivity (Wildman–Crippen MR) is 98.2 cm³/mol. The fraction of sp³-hybridized carbons (Fsp3) is 0.100. The van der Waals surface area contributed by atoms with Gasteiger partial charge in [-0.25, -0.2) is 9.18 Å². The first-order valence-electron chi connectivity index (χ1n) is 7.85. The summed E-state index contributed by atoms with van der Waals surface area (Å²) in [6.45, 7) is 0.419. The Morgan fingerprint density at radius 1 is 1.04 bits per heavy atom. The van der Waals surface area contributed by atoms with E-state index in [0.717, 1.165) is 11.3 Å². The fourth-order valence-electron chi connectivity index (χ4n) is 2.20. The molecule has 2 aromatic carbocycles. The lowest BCUT2D eigenvalue weighted by Gasteiger charge is -2.08. The third kappa shape index (κ3) is 4.89. The van der Waals surface area contributed by atoms with Gasteiger partial charge in [0.1, 0.15) is 24.8 Å². The molecular formula is C20H15BrFNO3. The van der Waals surface area contributed by atoms with Crippen LogP contribution in [0.2, 0.25) is 0 Å². The monoisotopic (exact) mass is 415 g/mol. The number of carbonyl (C=O) groups excluding carboxylic acids is 1. The molecule has 3 aromatic rings. The number of ether oxygens (including phenoxy) is 2. The number of halogens is 2. The molecule has 1 heterocycles. The standard InChI is InChI=1S/C20H15BrFNO3/c21-15-6-9-19(22)18(11-15)20(24)26-12-14-4-7-17(8-5-14)25-13-16-3-1-2-10-23-16/h1-11H,12-13H2. The van der Waals surface area contributed by atoms with Crippen molar-refractivity contribution in [1.29, 1.82) is 0 Å². The molecule has 26 heavy (non-hydrogen) atoms. The second kappa shape index (κ2) is 8.58. The number of hydrogen-bond acceptors (Lipinski definition) is 4. The lowest BCUT2D eigenvalue weighted by atomic mass is 10.2. The SMILES string of the molecule is O=C(OCc1ccc(OCc2ccccn2)cc1)c1cc(Br)ccc1F. The van der Waals surface area contributed by atoms with Gasteiger partial charge in [-0.1, -0.05) is 34.1 Å². The van der Waals surface area contributed by atoms with Gasteiger partial charge in [0.2, 0.25) is 0 Å². The van der Waals surface area contributed by atoms with E-state index in [1.165, 1.54) is 18.2 Å². The molecule has 0 aliphatic heterocycles. The Hall–Kier alpha value is -2.73. The maximum absolute atomic E-state index is 13.7. The van der Waals surface area contributed by atoms with E-state index < -0.39 is 11.8 Å². The Bertz CT molecular complexity index is 885. The molecule has 4 nitrogen and oxygen atoms in total. The molecule has 0 aliphatic rings. The largest absolute Gasteiger partial charge is 0.487 e. The molecule has 0 bridgehead atoms. The van der Waals surface area contributed by atoms with E-state index in [0.29, 0.717) is 16.8 Å². The van der Waals surface area contributed by atoms with E-state index in [9.17, 15) is 9.18 Å². The first-order valence-corrected chi connectivity index (χ1v) is 8.65. The van der Waals surface area contributed by atoms with Crippen LogP contribution in [0.5, 0.6) is 5.75 Å². The van der Waals surface area contributed by atoms with E-state index in [1.54, 1.807) is 30.5 Å². The Morgan fingerprint density at radius 3 is 2.58 bits per heavy atom. The van der Waals surface area contributed by atoms with Crippen LogP contribution < -0.4 is 4.74 Å². The van der Waals surface area contributed by atoms with Gasteiger partial charge in [0, 0.05) is 10.7 Å². The summed E-state index contributed by atoms with van der Waals surface area (Å²) in [5.41, 5.74) is 1.51. The van der Waals surface area contributed by atoms with Crippen molar-refractivity contribution in [2.24, 2.45) is 0 Å². The highest BCUT2D eigenvalue weighted by Gasteiger charge is 2.13. The van der Waals surface area contributed by atoms with Crippen molar-refractivity contribution in [3.63, 3.8) is 0 Å². The van der Waals surface area contributed by atoms with Crippen LogP contribution in [0.15, 0.2) is 71.3 Å². The third-order valence-corrected chi connectivity index (χ3v) is 4.05. The Balaban J connectivity index is 1.54. The van der Waals surface area contributed by atoms with E-state index in [4.69, 9.17) is 9.47 Å². The molecule has 0 atom stereocenters. The molecule has 0 fully saturated rings. The molecule has 6 heteroatoms. The summed E-state index contributed by atoms with van der Waals surface area (Å²) < 4.78 is 25.1. The van der Waals surface area contributed by atoms with Crippen molar-refractivity contribution in [3.8, 4) is 5.75 Å². The van der Waals surface area contributed by atoms with Crippen LogP contribution in [0, 0.1) is 5.82 Å². The summed E-state index contributed by atoms with van der Waals surface area (Å²) in [6.07, 6.45) is 1.71. The smallest absolute Gasteiger partial charge is 0.341 e. The van der Waals surface area contributed by atoms with Gasteiger partial charge in [-0.15, -0.1) is 0 Å². The summed E-state index contributed by atoms with van der Waals surface area (Å²) >= 11 is 3.21. The number of rotatable bonds is 6. The molecule has 0 unspecified atom stereocenters. The zero-order valence-corrected chi connectivity index (χ0v) is 15.3. The number of carbonyl (C=O) groups is 1. The Kier molecular flexibility index (Phi) is 5.96. The zero-order chi connectivity index (χ0) is 18.4. The van der Waals surface area contributed by atoms with Crippen LogP contribution in [0.3, 0.4) is 0 Å². The number of hydrogen-bond donors (Lipinski definition) is 0. The number of aromatic nitrogens is 1. The summed E-state index contributed by atoms with van der Waals surface area (Å²) in [7, 11) is 0. The predicted octanol–water partition coefficient (Wildman–Crippen LogP) is 4.92. The van der Waals surface area contributed by atoms with Crippen LogP contribution >= 0.6 is 15.9 Å². The number of nitrogens with zero attached hydrogens (tertiary/aromatic N) is 1. The van der Waals surface area contributed by atoms with Gasteiger partial charge < -0.3 is 9.47 Å². The van der Waals surface area contributed by atoms with Crippen molar-refractivity contribution in [3.05, 3.63) is 94.0 Å². The minimum absolute atomic E-state index is 0.0469. The van der Waals surface area contributed by atoms with Crippen LogP contribution in [-0.2, 0) is 18.0 Å². The Morgan fingerprint density at radius 2 is 1.85 bits per heavy atom. The summed E-state index contributed by atoms with van der Waals surface area (Å²) in [6, 6.07) is 16.9. The van der Waals surface area contributed by atoms with Crippen molar-refractivity contribution in [1.82, 2.24) is 4.98 Å². The van der Waals surface area contributed by atoms with E-state index in [2.05, 4.69) is 20.9 Å². The molecule has 0 aliphatic carbocycles. The molecule has 0 spiro atoms. The van der Waals surface area contributed by atoms with E-state index in [1.807, 2.05) is 18.2 Å². The van der Waals surface area contributed by atoms with Crippen molar-refractivity contribution in [2.75, 3.05) is 0 Å². The quantitative estimate of drug-likeness (QED) is 0.536. The normalized spacial score (nSPS) is 10.4. The minimum atomic E-state index is -0.709. The zero-order valence-electron chi connectivity index (χ0n) is 13.7. The van der Waals surface area contributed by atoms with E-state index >= 15 is 0 Å². The average Bonchev–Trinajstić information content (AvgIpc) is 2.68. The fourth-order valence-corrected chi connectivity index (χ4v) is 2.56. The van der Waals surface area contributed by atoms with Gasteiger partial charge in [-0.05, 0) is 48.0 Å². The number of pyridine rings is 1. The molecule has 0 radical (unpaired) electrons. The lowest BCUT2D eigenvalue weighted by molar-refractivity contribution is 0.0467. The van der Waals surface area contributed by atoms with E-state index in [-0.39, 0.29) is 12.2 Å². The van der Waals surface area contributed by atoms with Crippen LogP contribution in [0.1, 0.15) is 21.6 Å². The Labute approximate surface area is 158 Å². The van der Waals surface area contributed by atoms with Gasteiger partial charge in [0.25, 0.3) is 0 Å². The third-order valence-electron chi connectivity index (χ3n) is 3.55. The first-order chi connectivity index (χ1) is 12.6. The van der Waals surface area contributed by atoms with Crippen LogP contribution in [0.4, 0.5) is 4.39 Å². The highest BCUT2D eigenvalue weighted by atomic mass is 79.9. The molecule has 0 saturated heterocycles. The summed E-state index contributed by atoms with van der Waals surface area (Å²) in [5.74, 6) is -0.639. The molecule has 1 aromatic heterocycles. The average molecular weight is 416 g/mol. The topological polar surface area (TPSA) is 48.4 Å². The molecule has 0 saturated carbocycles. The highest BCUT2D eigenvalue weighted by Crippen LogP contribution is 2.18. The molecule has 3 rings (SSSR count). The molecule has 0 amide bonds. The van der Waals surface area contributed by atoms with Gasteiger partial charge >= 0.3 is 5.97 Å². The van der Waals surface area contributed by atoms with Gasteiger partial charge in [-0.3, -0.25) is 4.98 Å². The minimum Gasteiger partial charge on any atom is -0.487 e. The summed E-state index contributed by atoms with van der Waals surface area (Å²) in [4.78, 5) is 16.2. The molecular weight excluding hydrogens is 401 g/mol. The number of esters is 1. The summed E-state index contributed by atoms with van der Waals surface area (Å²) in [5, 5.41) is 0. The second-order valence-corrected chi connectivity index (χ2v) is 6.37. The van der Waals surface area contributed by atoms with Gasteiger partial charge in [0.15, 0.2) is 0 Å². The maximum Gasteiger partial charge on any atom is 0.341 e. The van der Waals surface area contributed by atoms with Gasteiger partial charge in [0.05, 0.1) is 11.3 Å². The maximum atomic E-state index is 13.7.